The van der Waals surface area contributed by atoms with Gasteiger partial charge in [-0.3, -0.25) is 14.9 Å². The summed E-state index contributed by atoms with van der Waals surface area (Å²) in [5.41, 5.74) is 1.45. The third-order valence-corrected chi connectivity index (χ3v) is 9.36. The average molecular weight is 647 g/mol. The Bertz CT molecular complexity index is 1520. The minimum absolute atomic E-state index is 0.197. The predicted molar refractivity (Wildman–Crippen MR) is 187 cm³/mol. The highest BCUT2D eigenvalue weighted by Crippen LogP contribution is 2.39. The third-order valence-electron chi connectivity index (χ3n) is 9.36. The number of benzene rings is 4. The highest BCUT2D eigenvalue weighted by atomic mass is 16.6. The second-order valence-corrected chi connectivity index (χ2v) is 12.9. The van der Waals surface area contributed by atoms with Crippen LogP contribution in [0.25, 0.3) is 0 Å². The molecule has 2 N–H and O–H groups in total. The van der Waals surface area contributed by atoms with Gasteiger partial charge < -0.3 is 14.8 Å². The molecule has 7 heteroatoms. The van der Waals surface area contributed by atoms with Crippen LogP contribution in [0.4, 0.5) is 0 Å². The lowest BCUT2D eigenvalue weighted by molar-refractivity contribution is -0.176. The van der Waals surface area contributed by atoms with Crippen molar-refractivity contribution in [2.45, 2.75) is 75.6 Å². The van der Waals surface area contributed by atoms with Crippen molar-refractivity contribution in [1.82, 2.24) is 10.6 Å². The van der Waals surface area contributed by atoms with Crippen LogP contribution >= 0.6 is 0 Å². The second kappa shape index (κ2) is 15.9. The van der Waals surface area contributed by atoms with Crippen LogP contribution in [0.5, 0.6) is 0 Å². The molecule has 1 amide bonds. The van der Waals surface area contributed by atoms with Crippen LogP contribution in [0.3, 0.4) is 0 Å². The number of carbonyl (C=O) groups excluding carboxylic acids is 3. The predicted octanol–water partition coefficient (Wildman–Crippen LogP) is 6.74. The lowest BCUT2D eigenvalue weighted by Gasteiger charge is -2.42. The van der Waals surface area contributed by atoms with Gasteiger partial charge in [-0.2, -0.15) is 0 Å². The quantitative estimate of drug-likeness (QED) is 0.124. The van der Waals surface area contributed by atoms with Crippen molar-refractivity contribution in [3.05, 3.63) is 144 Å². The number of hydrogen-bond acceptors (Lipinski definition) is 6. The van der Waals surface area contributed by atoms with E-state index in [9.17, 15) is 14.4 Å². The fraction of sp³-hybridized carbons (Fsp3) is 0.341. The lowest BCUT2D eigenvalue weighted by Crippen LogP contribution is -2.59. The van der Waals surface area contributed by atoms with E-state index < -0.39 is 41.1 Å². The molecule has 2 atom stereocenters. The Morgan fingerprint density at radius 3 is 1.58 bits per heavy atom. The molecular formula is C41H46N2O5. The van der Waals surface area contributed by atoms with Gasteiger partial charge in [0.25, 0.3) is 5.91 Å². The Morgan fingerprint density at radius 2 is 1.15 bits per heavy atom. The minimum Gasteiger partial charge on any atom is -0.467 e. The maximum absolute atomic E-state index is 14.5. The van der Waals surface area contributed by atoms with Crippen LogP contribution in [0, 0.1) is 5.92 Å². The maximum Gasteiger partial charge on any atom is 0.328 e. The summed E-state index contributed by atoms with van der Waals surface area (Å²) in [6, 6.07) is 38.0. The van der Waals surface area contributed by atoms with E-state index >= 15 is 0 Å². The zero-order chi connectivity index (χ0) is 34.0. The molecule has 0 bridgehead atoms. The standard InChI is InChI=1S/C41H46N2O5/c1-30(2)36(43-41(32-21-11-5-12-22-32,33-23-13-6-14-24-33)34-25-15-7-16-26-34)38(45)48-40(27-17-8-18-28-40)39(46)42-35(37(44)47-3)29-31-19-9-4-10-20-31/h4-7,9-16,19-26,30,35-36,43H,8,17-18,27-29H2,1-3H3,(H,42,46)/t35-,36-/m0/s1. The Balaban J connectivity index is 1.50. The van der Waals surface area contributed by atoms with E-state index in [0.717, 1.165) is 41.5 Å². The van der Waals surface area contributed by atoms with Crippen molar-refractivity contribution in [3.63, 3.8) is 0 Å². The first-order chi connectivity index (χ1) is 23.3. The van der Waals surface area contributed by atoms with Crippen molar-refractivity contribution in [3.8, 4) is 0 Å². The Kier molecular flexibility index (Phi) is 11.5. The van der Waals surface area contributed by atoms with Crippen LogP contribution in [-0.4, -0.2) is 42.6 Å². The molecule has 1 fully saturated rings. The van der Waals surface area contributed by atoms with E-state index in [1.807, 2.05) is 98.8 Å². The summed E-state index contributed by atoms with van der Waals surface area (Å²) in [6.07, 6.45) is 3.38. The van der Waals surface area contributed by atoms with Crippen molar-refractivity contribution in [1.29, 1.82) is 0 Å². The SMILES string of the molecule is COC(=O)[C@H](Cc1ccccc1)NC(=O)C1(OC(=O)[C@@H](NC(c2ccccc2)(c2ccccc2)c2ccccc2)C(C)C)CCCCC1. The van der Waals surface area contributed by atoms with Gasteiger partial charge in [-0.15, -0.1) is 0 Å². The number of rotatable bonds is 13. The highest BCUT2D eigenvalue weighted by Gasteiger charge is 2.48. The Morgan fingerprint density at radius 1 is 0.688 bits per heavy atom. The molecule has 1 aliphatic carbocycles. The molecule has 0 aliphatic heterocycles. The number of ether oxygens (including phenoxy) is 2. The van der Waals surface area contributed by atoms with Crippen molar-refractivity contribution in [2.75, 3.05) is 7.11 Å². The van der Waals surface area contributed by atoms with Gasteiger partial charge in [-0.05, 0) is 53.9 Å². The number of amides is 1. The Hall–Kier alpha value is -4.75. The first-order valence-corrected chi connectivity index (χ1v) is 16.9. The summed E-state index contributed by atoms with van der Waals surface area (Å²) in [5, 5.41) is 6.70. The van der Waals surface area contributed by atoms with E-state index in [1.54, 1.807) is 0 Å². The number of carbonyl (C=O) groups is 3. The summed E-state index contributed by atoms with van der Waals surface area (Å²) >= 11 is 0. The summed E-state index contributed by atoms with van der Waals surface area (Å²) < 4.78 is 11.5. The molecule has 7 nitrogen and oxygen atoms in total. The molecule has 48 heavy (non-hydrogen) atoms. The third kappa shape index (κ3) is 7.69. The van der Waals surface area contributed by atoms with Crippen LogP contribution in [0.2, 0.25) is 0 Å². The zero-order valence-corrected chi connectivity index (χ0v) is 28.1. The zero-order valence-electron chi connectivity index (χ0n) is 28.1. The fourth-order valence-corrected chi connectivity index (χ4v) is 6.77. The maximum atomic E-state index is 14.5. The summed E-state index contributed by atoms with van der Waals surface area (Å²) in [7, 11) is 1.31. The average Bonchev–Trinajstić information content (AvgIpc) is 3.13. The van der Waals surface area contributed by atoms with Gasteiger partial charge in [-0.25, -0.2) is 4.79 Å². The number of hydrogen-bond donors (Lipinski definition) is 2. The topological polar surface area (TPSA) is 93.7 Å². The van der Waals surface area contributed by atoms with Gasteiger partial charge in [-0.1, -0.05) is 142 Å². The van der Waals surface area contributed by atoms with Crippen LogP contribution in [-0.2, 0) is 35.8 Å². The molecule has 0 heterocycles. The van der Waals surface area contributed by atoms with Crippen LogP contribution in [0.1, 0.15) is 68.2 Å². The molecule has 4 aromatic carbocycles. The van der Waals surface area contributed by atoms with Gasteiger partial charge >= 0.3 is 11.9 Å². The molecule has 0 spiro atoms. The molecule has 0 radical (unpaired) electrons. The molecule has 0 unspecified atom stereocenters. The molecule has 4 aromatic rings. The lowest BCUT2D eigenvalue weighted by atomic mass is 9.76. The number of nitrogens with one attached hydrogen (secondary N) is 2. The summed E-state index contributed by atoms with van der Waals surface area (Å²) in [5.74, 6) is -1.72. The van der Waals surface area contributed by atoms with Crippen molar-refractivity contribution >= 4 is 17.8 Å². The van der Waals surface area contributed by atoms with E-state index in [2.05, 4.69) is 47.0 Å². The molecule has 0 aromatic heterocycles. The van der Waals surface area contributed by atoms with Gasteiger partial charge in [0.15, 0.2) is 5.60 Å². The van der Waals surface area contributed by atoms with E-state index in [-0.39, 0.29) is 12.3 Å². The van der Waals surface area contributed by atoms with Gasteiger partial charge in [0.05, 0.1) is 12.6 Å². The van der Waals surface area contributed by atoms with Crippen LogP contribution in [0.15, 0.2) is 121 Å². The molecule has 5 rings (SSSR count). The van der Waals surface area contributed by atoms with Crippen LogP contribution < -0.4 is 10.6 Å². The van der Waals surface area contributed by atoms with E-state index in [4.69, 9.17) is 9.47 Å². The number of esters is 2. The van der Waals surface area contributed by atoms with E-state index in [0.29, 0.717) is 12.8 Å². The Labute approximate surface area is 284 Å². The molecule has 250 valence electrons. The largest absolute Gasteiger partial charge is 0.467 e. The van der Waals surface area contributed by atoms with Gasteiger partial charge in [0.2, 0.25) is 0 Å². The fourth-order valence-electron chi connectivity index (χ4n) is 6.77. The van der Waals surface area contributed by atoms with E-state index in [1.165, 1.54) is 7.11 Å². The van der Waals surface area contributed by atoms with Crippen molar-refractivity contribution < 1.29 is 23.9 Å². The monoisotopic (exact) mass is 646 g/mol. The van der Waals surface area contributed by atoms with Gasteiger partial charge in [0, 0.05) is 6.42 Å². The summed E-state index contributed by atoms with van der Waals surface area (Å²) in [4.78, 5) is 41.6. The number of methoxy groups -OCH3 is 1. The molecule has 0 saturated heterocycles. The molecule has 1 saturated carbocycles. The molecule has 1 aliphatic rings. The first-order valence-electron chi connectivity index (χ1n) is 16.9. The second-order valence-electron chi connectivity index (χ2n) is 12.9. The van der Waals surface area contributed by atoms with Gasteiger partial charge in [0.1, 0.15) is 12.1 Å². The normalized spacial score (nSPS) is 15.6. The summed E-state index contributed by atoms with van der Waals surface area (Å²) in [6.45, 7) is 3.96. The highest BCUT2D eigenvalue weighted by molar-refractivity contribution is 5.92. The molecular weight excluding hydrogens is 600 g/mol. The van der Waals surface area contributed by atoms with Crippen molar-refractivity contribution in [2.24, 2.45) is 5.92 Å². The first kappa shape index (κ1) is 34.6. The minimum atomic E-state index is -1.41. The smallest absolute Gasteiger partial charge is 0.328 e.